The van der Waals surface area contributed by atoms with E-state index in [2.05, 4.69) is 20.6 Å². The molecule has 1 aromatic rings. The molecule has 2 N–H and O–H groups in total. The first-order valence-electron chi connectivity index (χ1n) is 3.40. The van der Waals surface area contributed by atoms with Crippen molar-refractivity contribution in [3.63, 3.8) is 0 Å². The van der Waals surface area contributed by atoms with E-state index in [0.29, 0.717) is 0 Å². The Labute approximate surface area is 79.3 Å². The first-order valence-corrected chi connectivity index (χ1v) is 4.20. The molecule has 0 aliphatic heterocycles. The van der Waals surface area contributed by atoms with Gasteiger partial charge in [-0.2, -0.15) is 0 Å². The molecule has 0 atom stereocenters. The van der Waals surface area contributed by atoms with Crippen molar-refractivity contribution in [2.24, 2.45) is 0 Å². The average molecular weight is 231 g/mol. The summed E-state index contributed by atoms with van der Waals surface area (Å²) in [6.07, 6.45) is 0. The largest absolute Gasteiger partial charge is 0.634 e. The lowest BCUT2D eigenvalue weighted by Crippen LogP contribution is -2.16. The summed E-state index contributed by atoms with van der Waals surface area (Å²) >= 11 is 3.29. The molecule has 12 heavy (non-hydrogen) atoms. The molecule has 0 unspecified atom stereocenters. The van der Waals surface area contributed by atoms with E-state index >= 15 is 0 Å². The predicted molar refractivity (Wildman–Crippen MR) is 49.1 cm³/mol. The second-order valence-corrected chi connectivity index (χ2v) is 3.18. The Kier molecular flexibility index (Phi) is 3.74. The molecule has 3 nitrogen and oxygen atoms in total. The molecule has 0 heterocycles. The molecule has 0 bridgehead atoms. The first-order chi connectivity index (χ1) is 5.68. The van der Waals surface area contributed by atoms with Gasteiger partial charge in [-0.15, -0.1) is 0 Å². The van der Waals surface area contributed by atoms with E-state index < -0.39 is 7.32 Å². The van der Waals surface area contributed by atoms with Crippen molar-refractivity contribution in [1.82, 2.24) is 0 Å². The molecule has 0 spiro atoms. The summed E-state index contributed by atoms with van der Waals surface area (Å²) < 4.78 is 5.55. The lowest BCUT2D eigenvalue weighted by molar-refractivity contribution is 0.177. The Hall–Kier alpha value is -0.355. The monoisotopic (exact) mass is 230 g/mol. The molecule has 0 radical (unpaired) electrons. The minimum atomic E-state index is -1.70. The van der Waals surface area contributed by atoms with Gasteiger partial charge in [0.05, 0.1) is 6.61 Å². The average Bonchev–Trinajstić information content (AvgIpc) is 2.03. The summed E-state index contributed by atoms with van der Waals surface area (Å²) in [5.74, 6) is 0. The smallest absolute Gasteiger partial charge is 0.402 e. The fraction of sp³-hybridized carbons (Fsp3) is 0.143. The van der Waals surface area contributed by atoms with Crippen molar-refractivity contribution in [3.8, 4) is 0 Å². The second-order valence-electron chi connectivity index (χ2n) is 2.26. The van der Waals surface area contributed by atoms with Gasteiger partial charge in [0, 0.05) is 4.47 Å². The minimum absolute atomic E-state index is 0.199. The number of halogens is 1. The first kappa shape index (κ1) is 9.73. The zero-order valence-electron chi connectivity index (χ0n) is 6.27. The lowest BCUT2D eigenvalue weighted by Gasteiger charge is -2.01. The molecule has 0 aromatic heterocycles. The molecule has 0 aliphatic rings. The van der Waals surface area contributed by atoms with Crippen LogP contribution >= 0.6 is 15.9 Å². The van der Waals surface area contributed by atoms with E-state index in [9.17, 15) is 0 Å². The molecule has 0 aliphatic carbocycles. The Bertz CT molecular complexity index is 237. The quantitative estimate of drug-likeness (QED) is 0.760. The van der Waals surface area contributed by atoms with Gasteiger partial charge < -0.3 is 14.7 Å². The Morgan fingerprint density at radius 2 is 1.83 bits per heavy atom. The van der Waals surface area contributed by atoms with Crippen LogP contribution in [0.3, 0.4) is 0 Å². The van der Waals surface area contributed by atoms with Crippen LogP contribution in [0.2, 0.25) is 0 Å². The van der Waals surface area contributed by atoms with Crippen LogP contribution < -0.4 is 0 Å². The maximum atomic E-state index is 8.39. The highest BCUT2D eigenvalue weighted by Gasteiger charge is 2.07. The molecule has 1 rings (SSSR count). The molecule has 0 saturated carbocycles. The van der Waals surface area contributed by atoms with E-state index in [1.165, 1.54) is 0 Å². The summed E-state index contributed by atoms with van der Waals surface area (Å²) in [5.41, 5.74) is 0.895. The minimum Gasteiger partial charge on any atom is -0.402 e. The van der Waals surface area contributed by atoms with Gasteiger partial charge in [0.25, 0.3) is 0 Å². The molecular weight excluding hydrogens is 223 g/mol. The summed E-state index contributed by atoms with van der Waals surface area (Å²) in [7, 11) is -1.70. The van der Waals surface area contributed by atoms with Crippen LogP contribution in [0.4, 0.5) is 0 Å². The third kappa shape index (κ3) is 3.36. The van der Waals surface area contributed by atoms with E-state index in [0.717, 1.165) is 10.0 Å². The third-order valence-electron chi connectivity index (χ3n) is 1.31. The second kappa shape index (κ2) is 4.62. The lowest BCUT2D eigenvalue weighted by atomic mass is 10.2. The van der Waals surface area contributed by atoms with Gasteiger partial charge in [0.1, 0.15) is 0 Å². The Morgan fingerprint density at radius 1 is 1.25 bits per heavy atom. The van der Waals surface area contributed by atoms with Crippen molar-refractivity contribution in [1.29, 1.82) is 0 Å². The number of hydrogen-bond donors (Lipinski definition) is 2. The van der Waals surface area contributed by atoms with Gasteiger partial charge in [0.15, 0.2) is 0 Å². The zero-order chi connectivity index (χ0) is 8.97. The molecule has 0 fully saturated rings. The summed E-state index contributed by atoms with van der Waals surface area (Å²) in [5, 5.41) is 16.8. The molecule has 1 aromatic carbocycles. The van der Waals surface area contributed by atoms with Gasteiger partial charge in [-0.05, 0) is 17.7 Å². The van der Waals surface area contributed by atoms with Gasteiger partial charge >= 0.3 is 7.32 Å². The maximum absolute atomic E-state index is 8.39. The highest BCUT2D eigenvalue weighted by atomic mass is 79.9. The maximum Gasteiger partial charge on any atom is 0.634 e. The van der Waals surface area contributed by atoms with Crippen molar-refractivity contribution in [3.05, 3.63) is 34.3 Å². The highest BCUT2D eigenvalue weighted by Crippen LogP contribution is 2.10. The zero-order valence-corrected chi connectivity index (χ0v) is 7.86. The number of hydrogen-bond acceptors (Lipinski definition) is 3. The Balaban J connectivity index is 2.48. The molecule has 0 amide bonds. The SMILES string of the molecule is OB(O)OCc1ccc(Br)cc1. The van der Waals surface area contributed by atoms with Gasteiger partial charge in [0.2, 0.25) is 0 Å². The molecule has 5 heteroatoms. The van der Waals surface area contributed by atoms with Crippen LogP contribution in [0.1, 0.15) is 5.56 Å². The van der Waals surface area contributed by atoms with Crippen LogP contribution in [0.15, 0.2) is 28.7 Å². The highest BCUT2D eigenvalue weighted by molar-refractivity contribution is 9.10. The number of benzene rings is 1. The van der Waals surface area contributed by atoms with E-state index in [1.54, 1.807) is 0 Å². The molecule has 0 saturated heterocycles. The predicted octanol–water partition coefficient (Wildman–Crippen LogP) is 0.935. The summed E-state index contributed by atoms with van der Waals surface area (Å²) in [4.78, 5) is 0. The topological polar surface area (TPSA) is 49.7 Å². The van der Waals surface area contributed by atoms with Crippen LogP contribution in [0.5, 0.6) is 0 Å². The normalized spacial score (nSPS) is 9.92. The van der Waals surface area contributed by atoms with Crippen molar-refractivity contribution in [2.75, 3.05) is 0 Å². The summed E-state index contributed by atoms with van der Waals surface area (Å²) in [6, 6.07) is 7.41. The Morgan fingerprint density at radius 3 is 2.33 bits per heavy atom. The van der Waals surface area contributed by atoms with Crippen LogP contribution in [-0.4, -0.2) is 17.4 Å². The third-order valence-corrected chi connectivity index (χ3v) is 1.84. The van der Waals surface area contributed by atoms with Gasteiger partial charge in [-0.25, -0.2) is 0 Å². The van der Waals surface area contributed by atoms with Crippen LogP contribution in [-0.2, 0) is 11.3 Å². The fourth-order valence-corrected chi connectivity index (χ4v) is 1.02. The van der Waals surface area contributed by atoms with E-state index in [1.807, 2.05) is 24.3 Å². The van der Waals surface area contributed by atoms with Gasteiger partial charge in [-0.1, -0.05) is 28.1 Å². The van der Waals surface area contributed by atoms with E-state index in [-0.39, 0.29) is 6.61 Å². The van der Waals surface area contributed by atoms with Crippen LogP contribution in [0.25, 0.3) is 0 Å². The number of rotatable bonds is 3. The van der Waals surface area contributed by atoms with Crippen molar-refractivity contribution >= 4 is 23.3 Å². The fourth-order valence-electron chi connectivity index (χ4n) is 0.751. The van der Waals surface area contributed by atoms with Crippen LogP contribution in [0, 0.1) is 0 Å². The molecular formula is C7H8BBrO3. The summed E-state index contributed by atoms with van der Waals surface area (Å²) in [6.45, 7) is 0.199. The standard InChI is InChI=1S/C7H8BBrO3/c9-7-3-1-6(2-4-7)5-12-8(10)11/h1-4,10-11H,5H2. The van der Waals surface area contributed by atoms with Crippen molar-refractivity contribution in [2.45, 2.75) is 6.61 Å². The van der Waals surface area contributed by atoms with E-state index in [4.69, 9.17) is 10.0 Å². The van der Waals surface area contributed by atoms with Crippen molar-refractivity contribution < 1.29 is 14.7 Å². The molecule has 64 valence electrons. The van der Waals surface area contributed by atoms with Gasteiger partial charge in [-0.3, -0.25) is 0 Å².